The number of hydrazine groups is 1. The molecule has 1 amide bonds. The number of hydrogen-bond donors (Lipinski definition) is 2. The van der Waals surface area contributed by atoms with Gasteiger partial charge in [0.15, 0.2) is 11.6 Å². The Morgan fingerprint density at radius 2 is 2.10 bits per heavy atom. The van der Waals surface area contributed by atoms with Crippen LogP contribution in [0.5, 0.6) is 0 Å². The van der Waals surface area contributed by atoms with E-state index in [1.165, 1.54) is 12.3 Å². The number of halogens is 1. The van der Waals surface area contributed by atoms with Crippen LogP contribution in [0, 0.1) is 11.7 Å². The molecule has 0 spiro atoms. The lowest BCUT2D eigenvalue weighted by Gasteiger charge is -2.33. The van der Waals surface area contributed by atoms with Gasteiger partial charge >= 0.3 is 0 Å². The number of nitrogens with one attached hydrogen (secondary N) is 1. The molecule has 3 N–H and O–H groups in total. The van der Waals surface area contributed by atoms with Gasteiger partial charge in [-0.15, -0.1) is 0 Å². The van der Waals surface area contributed by atoms with E-state index in [-0.39, 0.29) is 23.3 Å². The molecule has 0 unspecified atom stereocenters. The van der Waals surface area contributed by atoms with Crippen LogP contribution in [0.2, 0.25) is 0 Å². The first-order valence-electron chi connectivity index (χ1n) is 6.92. The fourth-order valence-corrected chi connectivity index (χ4v) is 2.70. The van der Waals surface area contributed by atoms with E-state index in [9.17, 15) is 9.18 Å². The van der Waals surface area contributed by atoms with Crippen LogP contribution in [0.4, 0.5) is 10.2 Å². The summed E-state index contributed by atoms with van der Waals surface area (Å²) in [5.41, 5.74) is 2.17. The number of aromatic nitrogens is 1. The van der Waals surface area contributed by atoms with E-state index < -0.39 is 5.82 Å². The minimum absolute atomic E-state index is 0.00840. The number of pyridine rings is 1. The third-order valence-electron chi connectivity index (χ3n) is 4.11. The molecule has 6 heteroatoms. The van der Waals surface area contributed by atoms with Crippen molar-refractivity contribution in [3.05, 3.63) is 23.6 Å². The quantitative estimate of drug-likeness (QED) is 0.657. The molecular weight excluding hydrogens is 259 g/mol. The van der Waals surface area contributed by atoms with Crippen molar-refractivity contribution in [2.45, 2.75) is 38.6 Å². The highest BCUT2D eigenvalue weighted by Gasteiger charge is 2.27. The van der Waals surface area contributed by atoms with Crippen molar-refractivity contribution in [2.24, 2.45) is 11.8 Å². The summed E-state index contributed by atoms with van der Waals surface area (Å²) in [7, 11) is 1.73. The number of anilines is 1. The summed E-state index contributed by atoms with van der Waals surface area (Å²) in [4.78, 5) is 17.8. The molecule has 1 aromatic heterocycles. The molecule has 0 saturated heterocycles. The fourth-order valence-electron chi connectivity index (χ4n) is 2.70. The van der Waals surface area contributed by atoms with Crippen molar-refractivity contribution in [2.75, 3.05) is 12.5 Å². The topological polar surface area (TPSA) is 71.2 Å². The van der Waals surface area contributed by atoms with Crippen LogP contribution in [0.1, 0.15) is 43.0 Å². The molecule has 5 nitrogen and oxygen atoms in total. The zero-order valence-corrected chi connectivity index (χ0v) is 11.9. The molecule has 0 aliphatic heterocycles. The van der Waals surface area contributed by atoms with E-state index in [0.29, 0.717) is 5.92 Å². The second-order valence-electron chi connectivity index (χ2n) is 5.50. The maximum Gasteiger partial charge on any atom is 0.257 e. The van der Waals surface area contributed by atoms with Crippen molar-refractivity contribution in [1.82, 2.24) is 9.88 Å². The zero-order chi connectivity index (χ0) is 14.7. The molecule has 1 aliphatic rings. The molecule has 0 bridgehead atoms. The van der Waals surface area contributed by atoms with Gasteiger partial charge in [0.2, 0.25) is 0 Å². The number of carbonyl (C=O) groups excluding carboxylic acids is 1. The lowest BCUT2D eigenvalue weighted by Crippen LogP contribution is -2.39. The van der Waals surface area contributed by atoms with E-state index in [4.69, 9.17) is 5.84 Å². The van der Waals surface area contributed by atoms with Gasteiger partial charge in [0.25, 0.3) is 5.91 Å². The van der Waals surface area contributed by atoms with E-state index in [0.717, 1.165) is 25.7 Å². The van der Waals surface area contributed by atoms with E-state index in [2.05, 4.69) is 17.3 Å². The molecule has 1 fully saturated rings. The van der Waals surface area contributed by atoms with E-state index >= 15 is 0 Å². The third kappa shape index (κ3) is 2.90. The lowest BCUT2D eigenvalue weighted by atomic mass is 9.86. The molecule has 2 rings (SSSR count). The number of nitrogens with zero attached hydrogens (tertiary/aromatic N) is 2. The number of nitrogen functional groups attached to an aromatic ring is 1. The normalized spacial score (nSPS) is 22.4. The Kier molecular flexibility index (Phi) is 4.54. The highest BCUT2D eigenvalue weighted by atomic mass is 19.1. The highest BCUT2D eigenvalue weighted by Crippen LogP contribution is 2.27. The predicted molar refractivity (Wildman–Crippen MR) is 75.5 cm³/mol. The number of rotatable bonds is 3. The van der Waals surface area contributed by atoms with Gasteiger partial charge in [0.1, 0.15) is 0 Å². The molecule has 110 valence electrons. The van der Waals surface area contributed by atoms with Crippen LogP contribution in [-0.2, 0) is 0 Å². The Hall–Kier alpha value is -1.69. The smallest absolute Gasteiger partial charge is 0.257 e. The Bertz CT molecular complexity index is 486. The first-order valence-corrected chi connectivity index (χ1v) is 6.92. The van der Waals surface area contributed by atoms with Gasteiger partial charge in [-0.05, 0) is 37.7 Å². The number of nitrogens with two attached hydrogens (primary N) is 1. The third-order valence-corrected chi connectivity index (χ3v) is 4.11. The van der Waals surface area contributed by atoms with Crippen molar-refractivity contribution < 1.29 is 9.18 Å². The number of carbonyl (C=O) groups is 1. The fraction of sp³-hybridized carbons (Fsp3) is 0.571. The second-order valence-corrected chi connectivity index (χ2v) is 5.50. The van der Waals surface area contributed by atoms with Gasteiger partial charge in [-0.2, -0.15) is 0 Å². The summed E-state index contributed by atoms with van der Waals surface area (Å²) < 4.78 is 14.1. The first kappa shape index (κ1) is 14.7. The second kappa shape index (κ2) is 6.17. The summed E-state index contributed by atoms with van der Waals surface area (Å²) in [6.45, 7) is 2.22. The van der Waals surface area contributed by atoms with Crippen LogP contribution >= 0.6 is 0 Å². The zero-order valence-electron chi connectivity index (χ0n) is 11.9. The lowest BCUT2D eigenvalue weighted by molar-refractivity contribution is 0.0675. The Morgan fingerprint density at radius 1 is 1.45 bits per heavy atom. The molecule has 1 aromatic rings. The standard InChI is InChI=1S/C14H21FN4O/c1-9-3-5-10(6-4-9)19(2)14(20)11-7-8-17-13(18-16)12(11)15/h7-10H,3-6,16H2,1-2H3,(H,17,18). The van der Waals surface area contributed by atoms with Crippen molar-refractivity contribution in [1.29, 1.82) is 0 Å². The number of amides is 1. The maximum atomic E-state index is 14.1. The van der Waals surface area contributed by atoms with E-state index in [1.807, 2.05) is 0 Å². The first-order chi connectivity index (χ1) is 9.54. The average molecular weight is 280 g/mol. The van der Waals surface area contributed by atoms with Crippen molar-refractivity contribution in [3.63, 3.8) is 0 Å². The summed E-state index contributed by atoms with van der Waals surface area (Å²) in [6, 6.07) is 1.57. The molecule has 1 heterocycles. The van der Waals surface area contributed by atoms with Crippen LogP contribution in [0.15, 0.2) is 12.3 Å². The SMILES string of the molecule is CC1CCC(N(C)C(=O)c2ccnc(NN)c2F)CC1. The maximum absolute atomic E-state index is 14.1. The molecule has 0 radical (unpaired) electrons. The number of hydrogen-bond acceptors (Lipinski definition) is 4. The molecule has 1 aliphatic carbocycles. The van der Waals surface area contributed by atoms with E-state index in [1.54, 1.807) is 11.9 Å². The summed E-state index contributed by atoms with van der Waals surface area (Å²) in [5.74, 6) is 4.76. The summed E-state index contributed by atoms with van der Waals surface area (Å²) >= 11 is 0. The minimum atomic E-state index is -0.698. The van der Waals surface area contributed by atoms with Crippen molar-refractivity contribution in [3.8, 4) is 0 Å². The van der Waals surface area contributed by atoms with Gasteiger partial charge in [-0.25, -0.2) is 15.2 Å². The van der Waals surface area contributed by atoms with Gasteiger partial charge < -0.3 is 10.3 Å². The van der Waals surface area contributed by atoms with Gasteiger partial charge in [-0.3, -0.25) is 4.79 Å². The van der Waals surface area contributed by atoms with Gasteiger partial charge in [-0.1, -0.05) is 6.92 Å². The summed E-state index contributed by atoms with van der Waals surface area (Å²) in [6.07, 6.45) is 5.53. The molecular formula is C14H21FN4O. The Labute approximate surface area is 118 Å². The van der Waals surface area contributed by atoms with Crippen molar-refractivity contribution >= 4 is 11.7 Å². The van der Waals surface area contributed by atoms with Crippen LogP contribution in [-0.4, -0.2) is 28.9 Å². The molecule has 0 aromatic carbocycles. The molecule has 0 atom stereocenters. The summed E-state index contributed by atoms with van der Waals surface area (Å²) in [5, 5.41) is 0. The largest absolute Gasteiger partial charge is 0.339 e. The van der Waals surface area contributed by atoms with Gasteiger partial charge in [0, 0.05) is 19.3 Å². The van der Waals surface area contributed by atoms with Crippen LogP contribution in [0.3, 0.4) is 0 Å². The monoisotopic (exact) mass is 280 g/mol. The molecule has 1 saturated carbocycles. The Morgan fingerprint density at radius 3 is 2.70 bits per heavy atom. The van der Waals surface area contributed by atoms with Crippen LogP contribution < -0.4 is 11.3 Å². The average Bonchev–Trinajstić information content (AvgIpc) is 2.47. The predicted octanol–water partition coefficient (Wildman–Crippen LogP) is 2.16. The Balaban J connectivity index is 2.14. The minimum Gasteiger partial charge on any atom is -0.339 e. The van der Waals surface area contributed by atoms with Crippen LogP contribution in [0.25, 0.3) is 0 Å². The highest BCUT2D eigenvalue weighted by molar-refractivity contribution is 5.95. The van der Waals surface area contributed by atoms with Gasteiger partial charge in [0.05, 0.1) is 5.56 Å². The molecule has 20 heavy (non-hydrogen) atoms.